The van der Waals surface area contributed by atoms with Crippen molar-refractivity contribution < 1.29 is 39.6 Å². The number of ketones is 4. The summed E-state index contributed by atoms with van der Waals surface area (Å²) in [5.41, 5.74) is -3.53. The number of carbonyl (C=O) groups is 4. The van der Waals surface area contributed by atoms with Crippen LogP contribution in [0.2, 0.25) is 0 Å². The predicted octanol–water partition coefficient (Wildman–Crippen LogP) is 6.21. The molecule has 3 aromatic carbocycles. The number of phenols is 1. The van der Waals surface area contributed by atoms with Crippen LogP contribution in [-0.4, -0.2) is 49.2 Å². The van der Waals surface area contributed by atoms with Crippen LogP contribution in [0, 0.1) is 22.7 Å². The smallest absolute Gasteiger partial charge is 0.203 e. The molecule has 3 aliphatic carbocycles. The lowest BCUT2D eigenvalue weighted by atomic mass is 9.43. The Balaban J connectivity index is 1.65. The normalized spacial score (nSPS) is 27.9. The monoisotopic (exact) mass is 608 g/mol. The van der Waals surface area contributed by atoms with Crippen molar-refractivity contribution in [2.75, 3.05) is 0 Å². The summed E-state index contributed by atoms with van der Waals surface area (Å²) in [6.45, 7) is 9.51. The average Bonchev–Trinajstić information content (AvgIpc) is 2.94. The number of aliphatic hydroxyl groups excluding tert-OH is 2. The van der Waals surface area contributed by atoms with Crippen molar-refractivity contribution in [3.8, 4) is 16.9 Å². The van der Waals surface area contributed by atoms with Crippen molar-refractivity contribution in [1.29, 1.82) is 0 Å². The molecule has 0 spiro atoms. The standard InChI is InChI=1S/C37H36O8/c1-17(2)29-31(41)27(19(4)39)33(43)37(45)34(44)30-32(42)28-25(15-35(30,5)16-36(29,37)6)24(13-14-26(28)40)23-12-11-20(18(3)38)21-9-7-8-10-22(21)23/h7-14,17,29,40,42-43,45H,15-16H2,1-6H3/t29?,35-,36-,37+/m1/s1. The van der Waals surface area contributed by atoms with Gasteiger partial charge >= 0.3 is 0 Å². The zero-order valence-corrected chi connectivity index (χ0v) is 26.1. The molecule has 8 nitrogen and oxygen atoms in total. The second-order valence-corrected chi connectivity index (χ2v) is 13.7. The first kappa shape index (κ1) is 30.5. The third-order valence-electron chi connectivity index (χ3n) is 10.5. The van der Waals surface area contributed by atoms with Gasteiger partial charge in [-0.1, -0.05) is 70.2 Å². The number of fused-ring (bicyclic) bond motifs is 4. The van der Waals surface area contributed by atoms with Crippen LogP contribution in [0.5, 0.6) is 5.75 Å². The van der Waals surface area contributed by atoms with Gasteiger partial charge in [0.05, 0.1) is 5.56 Å². The fourth-order valence-electron chi connectivity index (χ4n) is 8.81. The second kappa shape index (κ2) is 9.72. The van der Waals surface area contributed by atoms with E-state index in [0.717, 1.165) is 23.3 Å². The van der Waals surface area contributed by atoms with Crippen LogP contribution in [0.25, 0.3) is 27.7 Å². The minimum Gasteiger partial charge on any atom is -0.508 e. The Morgan fingerprint density at radius 3 is 2.09 bits per heavy atom. The number of carbonyl (C=O) groups excluding carboxylic acids is 4. The number of phenolic OH excluding ortho intramolecular Hbond substituents is 1. The number of rotatable bonds is 4. The average molecular weight is 609 g/mol. The first-order valence-corrected chi connectivity index (χ1v) is 15.1. The van der Waals surface area contributed by atoms with E-state index in [1.165, 1.54) is 13.0 Å². The van der Waals surface area contributed by atoms with Crippen LogP contribution in [-0.2, 0) is 20.8 Å². The number of aromatic hydroxyl groups is 1. The van der Waals surface area contributed by atoms with Gasteiger partial charge in [0.2, 0.25) is 5.78 Å². The van der Waals surface area contributed by atoms with E-state index in [4.69, 9.17) is 0 Å². The van der Waals surface area contributed by atoms with E-state index in [1.54, 1.807) is 39.8 Å². The van der Waals surface area contributed by atoms with Crippen molar-refractivity contribution >= 4 is 39.7 Å². The number of hydrogen-bond acceptors (Lipinski definition) is 8. The molecule has 6 rings (SSSR count). The van der Waals surface area contributed by atoms with Gasteiger partial charge in [-0.05, 0) is 66.1 Å². The second-order valence-electron chi connectivity index (χ2n) is 13.7. The van der Waals surface area contributed by atoms with E-state index in [1.807, 2.05) is 30.3 Å². The van der Waals surface area contributed by atoms with E-state index in [-0.39, 0.29) is 35.5 Å². The van der Waals surface area contributed by atoms with Crippen LogP contribution in [0.15, 0.2) is 65.4 Å². The number of allylic oxidation sites excluding steroid dienone is 1. The van der Waals surface area contributed by atoms with Gasteiger partial charge in [0.25, 0.3) is 0 Å². The maximum Gasteiger partial charge on any atom is 0.203 e. The van der Waals surface area contributed by atoms with Crippen molar-refractivity contribution in [3.63, 3.8) is 0 Å². The molecule has 0 heterocycles. The van der Waals surface area contributed by atoms with Crippen LogP contribution in [0.3, 0.4) is 0 Å². The third kappa shape index (κ3) is 3.81. The minimum atomic E-state index is -2.66. The lowest BCUT2D eigenvalue weighted by Crippen LogP contribution is -2.69. The molecule has 3 aliphatic rings. The van der Waals surface area contributed by atoms with Crippen LogP contribution >= 0.6 is 0 Å². The van der Waals surface area contributed by atoms with Gasteiger partial charge < -0.3 is 20.4 Å². The Hall–Kier alpha value is -4.56. The number of benzene rings is 3. The lowest BCUT2D eigenvalue weighted by Gasteiger charge is -2.59. The Kier molecular flexibility index (Phi) is 6.58. The molecule has 1 saturated carbocycles. The molecule has 232 valence electrons. The maximum atomic E-state index is 14.5. The van der Waals surface area contributed by atoms with Gasteiger partial charge in [-0.2, -0.15) is 0 Å². The Bertz CT molecular complexity index is 1960. The van der Waals surface area contributed by atoms with Gasteiger partial charge in [-0.15, -0.1) is 0 Å². The summed E-state index contributed by atoms with van der Waals surface area (Å²) >= 11 is 0. The van der Waals surface area contributed by atoms with Crippen molar-refractivity contribution in [1.82, 2.24) is 0 Å². The first-order chi connectivity index (χ1) is 21.0. The number of aliphatic hydroxyl groups is 3. The Morgan fingerprint density at radius 1 is 0.867 bits per heavy atom. The zero-order chi connectivity index (χ0) is 33.0. The summed E-state index contributed by atoms with van der Waals surface area (Å²) in [6.07, 6.45) is 0.152. The van der Waals surface area contributed by atoms with Gasteiger partial charge in [0, 0.05) is 27.9 Å². The minimum absolute atomic E-state index is 0.00399. The van der Waals surface area contributed by atoms with Crippen molar-refractivity contribution in [2.24, 2.45) is 22.7 Å². The highest BCUT2D eigenvalue weighted by molar-refractivity contribution is 6.24. The molecule has 4 atom stereocenters. The SMILES string of the molecule is CC(=O)C1=C(O)[C@]2(O)C(=O)C3=C(O)c4c(O)ccc(-c5ccc(C(C)=O)c6ccccc56)c4C[C@]3(C)C[C@]2(C)C(C(C)C)C1=O. The molecule has 0 aromatic heterocycles. The Labute approximate surface area is 260 Å². The van der Waals surface area contributed by atoms with Gasteiger partial charge in [0.15, 0.2) is 23.0 Å². The van der Waals surface area contributed by atoms with E-state index in [2.05, 4.69) is 0 Å². The molecule has 4 N–H and O–H groups in total. The first-order valence-electron chi connectivity index (χ1n) is 15.1. The van der Waals surface area contributed by atoms with E-state index < -0.39 is 62.7 Å². The summed E-state index contributed by atoms with van der Waals surface area (Å²) in [5.74, 6) is -5.68. The topological polar surface area (TPSA) is 149 Å². The maximum absolute atomic E-state index is 14.5. The zero-order valence-electron chi connectivity index (χ0n) is 26.1. The van der Waals surface area contributed by atoms with Gasteiger partial charge in [-0.3, -0.25) is 19.2 Å². The van der Waals surface area contributed by atoms with Crippen LogP contribution < -0.4 is 0 Å². The highest BCUT2D eigenvalue weighted by atomic mass is 16.3. The third-order valence-corrected chi connectivity index (χ3v) is 10.5. The summed E-state index contributed by atoms with van der Waals surface area (Å²) < 4.78 is 0. The molecule has 0 amide bonds. The predicted molar refractivity (Wildman–Crippen MR) is 169 cm³/mol. The highest BCUT2D eigenvalue weighted by Gasteiger charge is 2.72. The quantitative estimate of drug-likeness (QED) is 0.202. The lowest BCUT2D eigenvalue weighted by molar-refractivity contribution is -0.178. The molecule has 0 radical (unpaired) electrons. The fraction of sp³-hybridized carbons (Fsp3) is 0.351. The Morgan fingerprint density at radius 2 is 1.49 bits per heavy atom. The largest absolute Gasteiger partial charge is 0.508 e. The van der Waals surface area contributed by atoms with Crippen LogP contribution in [0.1, 0.15) is 69.4 Å². The van der Waals surface area contributed by atoms with Gasteiger partial charge in [0.1, 0.15) is 22.8 Å². The van der Waals surface area contributed by atoms with Crippen LogP contribution in [0.4, 0.5) is 0 Å². The van der Waals surface area contributed by atoms with Gasteiger partial charge in [-0.25, -0.2) is 0 Å². The molecule has 0 saturated heterocycles. The molecular weight excluding hydrogens is 572 g/mol. The molecule has 0 aliphatic heterocycles. The number of Topliss-reactive ketones (excluding diaryl/α,β-unsaturated/α-hetero) is 4. The fourth-order valence-corrected chi connectivity index (χ4v) is 8.81. The molecule has 3 aromatic rings. The molecule has 1 fully saturated rings. The van der Waals surface area contributed by atoms with E-state index >= 15 is 0 Å². The highest BCUT2D eigenvalue weighted by Crippen LogP contribution is 2.65. The van der Waals surface area contributed by atoms with Crippen molar-refractivity contribution in [3.05, 3.63) is 82.1 Å². The molecule has 0 bridgehead atoms. The van der Waals surface area contributed by atoms with E-state index in [0.29, 0.717) is 16.7 Å². The molecule has 1 unspecified atom stereocenters. The summed E-state index contributed by atoms with van der Waals surface area (Å²) in [5, 5.41) is 48.1. The summed E-state index contributed by atoms with van der Waals surface area (Å²) in [6, 6.07) is 14.2. The number of hydrogen-bond donors (Lipinski definition) is 4. The van der Waals surface area contributed by atoms with E-state index in [9.17, 15) is 39.6 Å². The molecule has 45 heavy (non-hydrogen) atoms. The summed E-state index contributed by atoms with van der Waals surface area (Å²) in [7, 11) is 0. The summed E-state index contributed by atoms with van der Waals surface area (Å²) in [4.78, 5) is 53.3. The van der Waals surface area contributed by atoms with Crippen molar-refractivity contribution in [2.45, 2.75) is 60.0 Å². The molecule has 8 heteroatoms. The molecular formula is C37H36O8.